The van der Waals surface area contributed by atoms with Crippen molar-refractivity contribution in [2.45, 2.75) is 23.8 Å². The Morgan fingerprint density at radius 1 is 0.865 bits per heavy atom. The molecule has 0 bridgehead atoms. The van der Waals surface area contributed by atoms with Gasteiger partial charge in [0.2, 0.25) is 10.0 Å². The van der Waals surface area contributed by atoms with Crippen molar-refractivity contribution in [3.05, 3.63) is 73.2 Å². The first-order chi connectivity index (χ1) is 17.7. The van der Waals surface area contributed by atoms with Crippen LogP contribution in [-0.2, 0) is 20.0 Å². The molecule has 0 saturated carbocycles. The average molecular weight is 539 g/mol. The van der Waals surface area contributed by atoms with Gasteiger partial charge < -0.3 is 5.32 Å². The monoisotopic (exact) mass is 538 g/mol. The first-order valence-electron chi connectivity index (χ1n) is 11.7. The molecule has 0 spiro atoms. The lowest BCUT2D eigenvalue weighted by Gasteiger charge is -2.30. The Morgan fingerprint density at radius 2 is 1.62 bits per heavy atom. The quantitative estimate of drug-likeness (QED) is 0.366. The summed E-state index contributed by atoms with van der Waals surface area (Å²) in [5, 5.41) is 3.37. The van der Waals surface area contributed by atoms with Gasteiger partial charge in [-0.3, -0.25) is 14.7 Å². The Bertz CT molecular complexity index is 1640. The average Bonchev–Trinajstić information content (AvgIpc) is 2.88. The lowest BCUT2D eigenvalue weighted by Crippen LogP contribution is -2.41. The molecule has 0 aliphatic carbocycles. The Balaban J connectivity index is 1.34. The van der Waals surface area contributed by atoms with Crippen molar-refractivity contribution in [3.63, 3.8) is 0 Å². The molecule has 37 heavy (non-hydrogen) atoms. The minimum atomic E-state index is -3.74. The van der Waals surface area contributed by atoms with E-state index in [9.17, 15) is 16.8 Å². The fourth-order valence-electron chi connectivity index (χ4n) is 4.27. The van der Waals surface area contributed by atoms with Crippen LogP contribution in [0.1, 0.15) is 12.8 Å². The van der Waals surface area contributed by atoms with Crippen molar-refractivity contribution < 1.29 is 16.8 Å². The Labute approximate surface area is 215 Å². The van der Waals surface area contributed by atoms with Crippen LogP contribution in [0.3, 0.4) is 0 Å². The molecule has 0 atom stereocenters. The van der Waals surface area contributed by atoms with Crippen LogP contribution < -0.4 is 10.0 Å². The van der Waals surface area contributed by atoms with Gasteiger partial charge in [0, 0.05) is 30.9 Å². The first kappa shape index (κ1) is 25.1. The smallest absolute Gasteiger partial charge is 0.261 e. The number of rotatable bonds is 7. The predicted molar refractivity (Wildman–Crippen MR) is 143 cm³/mol. The third kappa shape index (κ3) is 5.87. The van der Waals surface area contributed by atoms with Gasteiger partial charge in [0.15, 0.2) is 0 Å². The summed E-state index contributed by atoms with van der Waals surface area (Å²) in [5.41, 5.74) is 3.28. The number of piperidine rings is 1. The Morgan fingerprint density at radius 3 is 2.35 bits per heavy atom. The fraction of sp³-hybridized carbons (Fsp3) is 0.240. The number of fused-ring (bicyclic) bond motifs is 1. The van der Waals surface area contributed by atoms with E-state index in [1.165, 1.54) is 28.9 Å². The minimum absolute atomic E-state index is 0.103. The second-order valence-corrected chi connectivity index (χ2v) is 12.6. The van der Waals surface area contributed by atoms with E-state index in [2.05, 4.69) is 20.0 Å². The van der Waals surface area contributed by atoms with Crippen LogP contribution in [0.2, 0.25) is 0 Å². The number of anilines is 2. The van der Waals surface area contributed by atoms with Gasteiger partial charge in [-0.05, 0) is 48.7 Å². The van der Waals surface area contributed by atoms with Crippen LogP contribution in [0.4, 0.5) is 11.5 Å². The van der Waals surface area contributed by atoms with Gasteiger partial charge in [-0.25, -0.2) is 26.1 Å². The highest BCUT2D eigenvalue weighted by Crippen LogP contribution is 2.26. The molecular weight excluding hydrogens is 512 g/mol. The molecule has 0 amide bonds. The fourth-order valence-corrected chi connectivity index (χ4v) is 6.20. The summed E-state index contributed by atoms with van der Waals surface area (Å²) in [7, 11) is -6.91. The van der Waals surface area contributed by atoms with Crippen LogP contribution in [-0.4, -0.2) is 61.5 Å². The van der Waals surface area contributed by atoms with Gasteiger partial charge in [0.25, 0.3) is 10.0 Å². The molecule has 0 unspecified atom stereocenters. The highest BCUT2D eigenvalue weighted by Gasteiger charge is 2.25. The van der Waals surface area contributed by atoms with E-state index < -0.39 is 20.0 Å². The number of benzene rings is 2. The molecule has 1 aliphatic rings. The van der Waals surface area contributed by atoms with Crippen LogP contribution in [0.25, 0.3) is 22.2 Å². The van der Waals surface area contributed by atoms with Gasteiger partial charge in [-0.1, -0.05) is 24.3 Å². The summed E-state index contributed by atoms with van der Waals surface area (Å²) in [4.78, 5) is 13.6. The Kier molecular flexibility index (Phi) is 6.80. The molecule has 1 fully saturated rings. The van der Waals surface area contributed by atoms with Gasteiger partial charge in [0.05, 0.1) is 40.3 Å². The van der Waals surface area contributed by atoms with E-state index in [0.29, 0.717) is 43.0 Å². The van der Waals surface area contributed by atoms with Crippen molar-refractivity contribution in [1.82, 2.24) is 19.3 Å². The molecule has 4 aromatic rings. The van der Waals surface area contributed by atoms with Crippen LogP contribution in [0.15, 0.2) is 78.1 Å². The second kappa shape index (κ2) is 10.0. The van der Waals surface area contributed by atoms with Gasteiger partial charge in [-0.15, -0.1) is 0 Å². The van der Waals surface area contributed by atoms with E-state index in [1.54, 1.807) is 36.7 Å². The van der Waals surface area contributed by atoms with Crippen molar-refractivity contribution in [2.24, 2.45) is 0 Å². The second-order valence-electron chi connectivity index (χ2n) is 8.92. The molecule has 192 valence electrons. The van der Waals surface area contributed by atoms with Gasteiger partial charge in [-0.2, -0.15) is 0 Å². The van der Waals surface area contributed by atoms with Crippen LogP contribution in [0, 0.1) is 0 Å². The number of sulfonamides is 2. The van der Waals surface area contributed by atoms with Crippen molar-refractivity contribution in [2.75, 3.05) is 29.4 Å². The molecule has 0 radical (unpaired) electrons. The standard InChI is InChI=1S/C25H26N6O4S2/c1-36(32,33)31-11-9-20(10-12-31)28-25-17-27-23-8-7-18(14-24(23)29-25)19-13-21(16-26-15-19)30-37(34,35)22-5-3-2-4-6-22/h2-8,13-17,20,30H,9-12H2,1H3,(H,28,29). The van der Waals surface area contributed by atoms with Crippen molar-refractivity contribution in [3.8, 4) is 11.1 Å². The predicted octanol–water partition coefficient (Wildman–Crippen LogP) is 3.33. The number of hydrogen-bond acceptors (Lipinski definition) is 8. The molecule has 5 rings (SSSR count). The highest BCUT2D eigenvalue weighted by atomic mass is 32.2. The number of aromatic nitrogens is 3. The molecule has 1 aliphatic heterocycles. The summed E-state index contributed by atoms with van der Waals surface area (Å²) in [6.07, 6.45) is 7.39. The number of hydrogen-bond donors (Lipinski definition) is 2. The van der Waals surface area contributed by atoms with E-state index in [4.69, 9.17) is 4.98 Å². The lowest BCUT2D eigenvalue weighted by atomic mass is 10.1. The van der Waals surface area contributed by atoms with Gasteiger partial charge >= 0.3 is 0 Å². The summed E-state index contributed by atoms with van der Waals surface area (Å²) in [6.45, 7) is 0.943. The highest BCUT2D eigenvalue weighted by molar-refractivity contribution is 7.92. The van der Waals surface area contributed by atoms with Crippen molar-refractivity contribution in [1.29, 1.82) is 0 Å². The SMILES string of the molecule is CS(=O)(=O)N1CCC(Nc2cnc3ccc(-c4cncc(NS(=O)(=O)c5ccccc5)c4)cc3n2)CC1. The van der Waals surface area contributed by atoms with Crippen LogP contribution >= 0.6 is 0 Å². The molecule has 2 N–H and O–H groups in total. The molecule has 2 aromatic heterocycles. The van der Waals surface area contributed by atoms with Gasteiger partial charge in [0.1, 0.15) is 5.82 Å². The van der Waals surface area contributed by atoms with E-state index >= 15 is 0 Å². The third-order valence-corrected chi connectivity index (χ3v) is 8.89. The maximum absolute atomic E-state index is 12.7. The van der Waals surface area contributed by atoms with Crippen molar-refractivity contribution >= 4 is 42.6 Å². The molecule has 1 saturated heterocycles. The minimum Gasteiger partial charge on any atom is -0.366 e. The summed E-state index contributed by atoms with van der Waals surface area (Å²) >= 11 is 0. The zero-order valence-corrected chi connectivity index (χ0v) is 21.7. The lowest BCUT2D eigenvalue weighted by molar-refractivity contribution is 0.331. The zero-order valence-electron chi connectivity index (χ0n) is 20.1. The maximum atomic E-state index is 12.7. The third-order valence-electron chi connectivity index (χ3n) is 6.19. The van der Waals surface area contributed by atoms with E-state index in [0.717, 1.165) is 16.6 Å². The molecular formula is C25H26N6O4S2. The normalized spacial score (nSPS) is 15.5. The summed E-state index contributed by atoms with van der Waals surface area (Å²) < 4.78 is 53.0. The topological polar surface area (TPSA) is 134 Å². The molecule has 2 aromatic carbocycles. The zero-order chi connectivity index (χ0) is 26.0. The first-order valence-corrected chi connectivity index (χ1v) is 15.0. The number of nitrogens with zero attached hydrogens (tertiary/aromatic N) is 4. The maximum Gasteiger partial charge on any atom is 0.261 e. The molecule has 12 heteroatoms. The largest absolute Gasteiger partial charge is 0.366 e. The summed E-state index contributed by atoms with van der Waals surface area (Å²) in [6, 6.07) is 15.6. The van der Waals surface area contributed by atoms with Crippen LogP contribution in [0.5, 0.6) is 0 Å². The number of nitrogens with one attached hydrogen (secondary N) is 2. The Hall–Kier alpha value is -3.61. The number of pyridine rings is 1. The van der Waals surface area contributed by atoms with E-state index in [-0.39, 0.29) is 10.9 Å². The summed E-state index contributed by atoms with van der Waals surface area (Å²) in [5.74, 6) is 0.616. The molecule has 3 heterocycles. The molecule has 10 nitrogen and oxygen atoms in total. The van der Waals surface area contributed by atoms with E-state index in [1.807, 2.05) is 18.2 Å².